The minimum Gasteiger partial charge on any atom is -0.272 e. The van der Waals surface area contributed by atoms with Gasteiger partial charge in [0.15, 0.2) is 0 Å². The van der Waals surface area contributed by atoms with Gasteiger partial charge in [0.1, 0.15) is 4.90 Å². The van der Waals surface area contributed by atoms with Crippen molar-refractivity contribution in [3.05, 3.63) is 64.9 Å². The lowest BCUT2D eigenvalue weighted by molar-refractivity contribution is 0.554. The Kier molecular flexibility index (Phi) is 5.08. The van der Waals surface area contributed by atoms with Crippen LogP contribution in [0.2, 0.25) is 0 Å². The van der Waals surface area contributed by atoms with Gasteiger partial charge >= 0.3 is 0 Å². The molecule has 6 nitrogen and oxygen atoms in total. The van der Waals surface area contributed by atoms with Crippen molar-refractivity contribution >= 4 is 21.4 Å². The summed E-state index contributed by atoms with van der Waals surface area (Å²) in [5.74, 6) is 0. The van der Waals surface area contributed by atoms with Gasteiger partial charge in [0.2, 0.25) is 10.0 Å². The molecule has 3 aromatic rings. The molecule has 0 aliphatic heterocycles. The first kappa shape index (κ1) is 16.8. The van der Waals surface area contributed by atoms with Gasteiger partial charge in [-0.05, 0) is 47.4 Å². The fourth-order valence-electron chi connectivity index (χ4n) is 2.37. The number of aromatic nitrogens is 3. The van der Waals surface area contributed by atoms with Gasteiger partial charge in [0, 0.05) is 25.1 Å². The van der Waals surface area contributed by atoms with Gasteiger partial charge < -0.3 is 0 Å². The van der Waals surface area contributed by atoms with Crippen LogP contribution in [0.1, 0.15) is 24.1 Å². The van der Waals surface area contributed by atoms with Crippen molar-refractivity contribution in [2.75, 3.05) is 0 Å². The highest BCUT2D eigenvalue weighted by Gasteiger charge is 2.23. The Hall–Kier alpha value is -2.03. The summed E-state index contributed by atoms with van der Waals surface area (Å²) >= 11 is 1.59. The fourth-order valence-corrected chi connectivity index (χ4v) is 4.22. The van der Waals surface area contributed by atoms with Crippen molar-refractivity contribution in [1.82, 2.24) is 19.5 Å². The molecule has 24 heavy (non-hydrogen) atoms. The van der Waals surface area contributed by atoms with Crippen LogP contribution in [0.15, 0.2) is 58.6 Å². The molecule has 0 saturated carbocycles. The van der Waals surface area contributed by atoms with E-state index in [1.165, 1.54) is 12.4 Å². The quantitative estimate of drug-likeness (QED) is 0.701. The third kappa shape index (κ3) is 3.89. The van der Waals surface area contributed by atoms with E-state index in [0.29, 0.717) is 13.0 Å². The van der Waals surface area contributed by atoms with Crippen molar-refractivity contribution in [1.29, 1.82) is 0 Å². The number of thiophene rings is 1. The number of aryl methyl sites for hydroxylation is 1. The Morgan fingerprint density at radius 1 is 1.33 bits per heavy atom. The third-order valence-corrected chi connectivity index (χ3v) is 5.81. The molecule has 0 bridgehead atoms. The predicted octanol–water partition coefficient (Wildman–Crippen LogP) is 2.62. The van der Waals surface area contributed by atoms with E-state index in [4.69, 9.17) is 0 Å². The van der Waals surface area contributed by atoms with Crippen molar-refractivity contribution < 1.29 is 8.42 Å². The maximum atomic E-state index is 12.7. The van der Waals surface area contributed by atoms with Crippen LogP contribution < -0.4 is 4.72 Å². The summed E-state index contributed by atoms with van der Waals surface area (Å²) < 4.78 is 29.8. The lowest BCUT2D eigenvalue weighted by Gasteiger charge is -2.18. The van der Waals surface area contributed by atoms with Gasteiger partial charge in [0.25, 0.3) is 0 Å². The Labute approximate surface area is 145 Å². The van der Waals surface area contributed by atoms with E-state index in [1.807, 2.05) is 29.8 Å². The zero-order chi connectivity index (χ0) is 17.0. The van der Waals surface area contributed by atoms with Gasteiger partial charge in [-0.15, -0.1) is 0 Å². The first-order valence-corrected chi connectivity index (χ1v) is 9.97. The molecule has 3 aromatic heterocycles. The fraction of sp³-hybridized carbons (Fsp3) is 0.250. The molecule has 0 unspecified atom stereocenters. The van der Waals surface area contributed by atoms with Crippen LogP contribution >= 0.6 is 11.3 Å². The lowest BCUT2D eigenvalue weighted by atomic mass is 10.0. The van der Waals surface area contributed by atoms with Crippen molar-refractivity contribution in [2.24, 2.45) is 0 Å². The van der Waals surface area contributed by atoms with Crippen LogP contribution in [-0.4, -0.2) is 23.2 Å². The van der Waals surface area contributed by atoms with Crippen LogP contribution in [-0.2, 0) is 23.0 Å². The lowest BCUT2D eigenvalue weighted by Crippen LogP contribution is -2.30. The molecule has 0 radical (unpaired) electrons. The van der Waals surface area contributed by atoms with Gasteiger partial charge in [-0.25, -0.2) is 13.1 Å². The SMILES string of the molecule is CCn1cc(S(=O)(=O)N[C@H](Cc2ccsc2)c2cccnc2)cn1. The van der Waals surface area contributed by atoms with Gasteiger partial charge in [-0.1, -0.05) is 6.07 Å². The summed E-state index contributed by atoms with van der Waals surface area (Å²) in [4.78, 5) is 4.28. The number of sulfonamides is 1. The summed E-state index contributed by atoms with van der Waals surface area (Å²) in [5, 5.41) is 8.05. The second-order valence-electron chi connectivity index (χ2n) is 5.33. The second kappa shape index (κ2) is 7.25. The summed E-state index contributed by atoms with van der Waals surface area (Å²) in [6.45, 7) is 2.53. The third-order valence-electron chi connectivity index (χ3n) is 3.65. The van der Waals surface area contributed by atoms with Gasteiger partial charge in [0.05, 0.1) is 12.2 Å². The molecule has 0 amide bonds. The molecule has 126 valence electrons. The molecule has 0 aliphatic carbocycles. The Balaban J connectivity index is 1.88. The number of hydrogen-bond donors (Lipinski definition) is 1. The number of hydrogen-bond acceptors (Lipinski definition) is 5. The summed E-state index contributed by atoms with van der Waals surface area (Å²) in [7, 11) is -3.66. The number of nitrogens with one attached hydrogen (secondary N) is 1. The maximum Gasteiger partial charge on any atom is 0.244 e. The molecular weight excluding hydrogens is 344 g/mol. The summed E-state index contributed by atoms with van der Waals surface area (Å²) in [5.41, 5.74) is 1.91. The van der Waals surface area contributed by atoms with Gasteiger partial charge in [-0.2, -0.15) is 16.4 Å². The van der Waals surface area contributed by atoms with Crippen molar-refractivity contribution in [3.63, 3.8) is 0 Å². The number of rotatable bonds is 7. The number of pyridine rings is 1. The van der Waals surface area contributed by atoms with Crippen LogP contribution in [0.5, 0.6) is 0 Å². The molecular formula is C16H18N4O2S2. The van der Waals surface area contributed by atoms with E-state index < -0.39 is 10.0 Å². The maximum absolute atomic E-state index is 12.7. The zero-order valence-corrected chi connectivity index (χ0v) is 14.8. The smallest absolute Gasteiger partial charge is 0.244 e. The highest BCUT2D eigenvalue weighted by atomic mass is 32.2. The van der Waals surface area contributed by atoms with E-state index in [0.717, 1.165) is 11.1 Å². The monoisotopic (exact) mass is 362 g/mol. The van der Waals surface area contributed by atoms with Crippen LogP contribution in [0.25, 0.3) is 0 Å². The van der Waals surface area contributed by atoms with Crippen LogP contribution in [0, 0.1) is 0 Å². The minimum atomic E-state index is -3.66. The average molecular weight is 362 g/mol. The molecule has 0 aliphatic rings. The van der Waals surface area contributed by atoms with E-state index in [2.05, 4.69) is 14.8 Å². The number of nitrogens with zero attached hydrogens (tertiary/aromatic N) is 3. The molecule has 0 fully saturated rings. The Morgan fingerprint density at radius 3 is 2.83 bits per heavy atom. The predicted molar refractivity (Wildman–Crippen MR) is 93.2 cm³/mol. The van der Waals surface area contributed by atoms with Crippen molar-refractivity contribution in [3.8, 4) is 0 Å². The second-order valence-corrected chi connectivity index (χ2v) is 7.82. The first-order valence-electron chi connectivity index (χ1n) is 7.54. The Morgan fingerprint density at radius 2 is 2.21 bits per heavy atom. The van der Waals surface area contributed by atoms with E-state index in [1.54, 1.807) is 34.5 Å². The molecule has 1 N–H and O–H groups in total. The first-order chi connectivity index (χ1) is 11.6. The normalized spacial score (nSPS) is 13.0. The molecule has 3 rings (SSSR count). The zero-order valence-electron chi connectivity index (χ0n) is 13.2. The molecule has 0 spiro atoms. The highest BCUT2D eigenvalue weighted by Crippen LogP contribution is 2.22. The van der Waals surface area contributed by atoms with Crippen LogP contribution in [0.3, 0.4) is 0 Å². The standard InChI is InChI=1S/C16H18N4O2S2/c1-2-20-11-15(10-18-20)24(21,22)19-16(8-13-5-7-23-12-13)14-4-3-6-17-9-14/h3-7,9-12,16,19H,2,8H2,1H3/t16-/m1/s1. The molecule has 0 aromatic carbocycles. The summed E-state index contributed by atoms with van der Waals surface area (Å²) in [6, 6.07) is 5.29. The minimum absolute atomic E-state index is 0.170. The van der Waals surface area contributed by atoms with Crippen molar-refractivity contribution in [2.45, 2.75) is 30.8 Å². The summed E-state index contributed by atoms with van der Waals surface area (Å²) in [6.07, 6.45) is 6.83. The molecule has 8 heteroatoms. The topological polar surface area (TPSA) is 76.9 Å². The molecule has 3 heterocycles. The molecule has 0 saturated heterocycles. The Bertz CT molecular complexity index is 874. The van der Waals surface area contributed by atoms with Crippen LogP contribution in [0.4, 0.5) is 0 Å². The van der Waals surface area contributed by atoms with E-state index in [-0.39, 0.29) is 10.9 Å². The largest absolute Gasteiger partial charge is 0.272 e. The van der Waals surface area contributed by atoms with Gasteiger partial charge in [-0.3, -0.25) is 9.67 Å². The van der Waals surface area contributed by atoms with E-state index >= 15 is 0 Å². The average Bonchev–Trinajstić information content (AvgIpc) is 3.26. The van der Waals surface area contributed by atoms with E-state index in [9.17, 15) is 8.42 Å². The highest BCUT2D eigenvalue weighted by molar-refractivity contribution is 7.89. The molecule has 1 atom stereocenters.